The normalized spacial score (nSPS) is 15.0. The second-order valence-electron chi connectivity index (χ2n) is 7.01. The van der Waals surface area contributed by atoms with Crippen LogP contribution < -0.4 is 9.47 Å². The predicted octanol–water partition coefficient (Wildman–Crippen LogP) is 3.60. The molecule has 0 saturated heterocycles. The van der Waals surface area contributed by atoms with Crippen molar-refractivity contribution in [1.82, 2.24) is 4.57 Å². The van der Waals surface area contributed by atoms with Crippen molar-refractivity contribution in [1.29, 1.82) is 0 Å². The van der Waals surface area contributed by atoms with Gasteiger partial charge in [-0.25, -0.2) is 9.59 Å². The van der Waals surface area contributed by atoms with Crippen molar-refractivity contribution in [2.24, 2.45) is 5.41 Å². The first-order chi connectivity index (χ1) is 13.5. The van der Waals surface area contributed by atoms with E-state index in [1.165, 1.54) is 11.7 Å². The number of hydrogen-bond donors (Lipinski definition) is 1. The van der Waals surface area contributed by atoms with Gasteiger partial charge in [0.2, 0.25) is 0 Å². The van der Waals surface area contributed by atoms with Gasteiger partial charge in [-0.2, -0.15) is 0 Å². The number of nitrogens with zero attached hydrogens (tertiary/aromatic N) is 1. The Morgan fingerprint density at radius 2 is 1.64 bits per heavy atom. The lowest BCUT2D eigenvalue weighted by Crippen LogP contribution is -2.32. The highest BCUT2D eigenvalue weighted by molar-refractivity contribution is 5.99. The van der Waals surface area contributed by atoms with Crippen molar-refractivity contribution in [3.05, 3.63) is 47.3 Å². The molecule has 7 nitrogen and oxygen atoms in total. The van der Waals surface area contributed by atoms with E-state index in [0.29, 0.717) is 13.2 Å². The molecule has 150 valence electrons. The number of carbonyl (C=O) groups excluding carboxylic acids is 1. The van der Waals surface area contributed by atoms with E-state index in [4.69, 9.17) is 14.2 Å². The third kappa shape index (κ3) is 3.44. The molecule has 0 bridgehead atoms. The lowest BCUT2D eigenvalue weighted by Gasteiger charge is -2.28. The summed E-state index contributed by atoms with van der Waals surface area (Å²) < 4.78 is 18.3. The van der Waals surface area contributed by atoms with Gasteiger partial charge in [0.1, 0.15) is 0 Å². The summed E-state index contributed by atoms with van der Waals surface area (Å²) in [5, 5.41) is 9.90. The minimum atomic E-state index is -1.19. The van der Waals surface area contributed by atoms with E-state index < -0.39 is 11.9 Å². The van der Waals surface area contributed by atoms with Crippen LogP contribution in [0.25, 0.3) is 0 Å². The molecule has 0 saturated carbocycles. The SMILES string of the molecule is CCC1(CC)COc2c(c(C(=O)OC)n(Cc3ccccc3)c2C(=O)O)OC1. The van der Waals surface area contributed by atoms with Crippen LogP contribution in [0.4, 0.5) is 0 Å². The Bertz CT molecular complexity index is 867. The minimum Gasteiger partial charge on any atom is -0.487 e. The molecule has 2 heterocycles. The third-order valence-electron chi connectivity index (χ3n) is 5.49. The Kier molecular flexibility index (Phi) is 5.63. The summed E-state index contributed by atoms with van der Waals surface area (Å²) in [5.74, 6) is -1.62. The summed E-state index contributed by atoms with van der Waals surface area (Å²) in [6.45, 7) is 4.93. The molecule has 0 unspecified atom stereocenters. The Labute approximate surface area is 163 Å². The number of methoxy groups -OCH3 is 1. The summed E-state index contributed by atoms with van der Waals surface area (Å²) in [4.78, 5) is 24.7. The van der Waals surface area contributed by atoms with Crippen LogP contribution >= 0.6 is 0 Å². The molecule has 0 aliphatic carbocycles. The fourth-order valence-corrected chi connectivity index (χ4v) is 3.43. The van der Waals surface area contributed by atoms with Gasteiger partial charge in [0, 0.05) is 12.0 Å². The largest absolute Gasteiger partial charge is 0.487 e. The lowest BCUT2D eigenvalue weighted by atomic mass is 9.84. The molecule has 0 amide bonds. The lowest BCUT2D eigenvalue weighted by molar-refractivity contribution is 0.0574. The maximum absolute atomic E-state index is 12.6. The van der Waals surface area contributed by atoms with Crippen molar-refractivity contribution in [3.63, 3.8) is 0 Å². The number of aromatic nitrogens is 1. The van der Waals surface area contributed by atoms with E-state index in [1.807, 2.05) is 44.2 Å². The topological polar surface area (TPSA) is 87.0 Å². The fraction of sp³-hybridized carbons (Fsp3) is 0.429. The van der Waals surface area contributed by atoms with Gasteiger partial charge >= 0.3 is 11.9 Å². The van der Waals surface area contributed by atoms with Gasteiger partial charge < -0.3 is 23.9 Å². The van der Waals surface area contributed by atoms with Crippen molar-refractivity contribution >= 4 is 11.9 Å². The number of aromatic carboxylic acids is 1. The van der Waals surface area contributed by atoms with E-state index in [9.17, 15) is 14.7 Å². The smallest absolute Gasteiger partial charge is 0.358 e. The number of carboxylic acid groups (broad SMARTS) is 1. The first-order valence-electron chi connectivity index (χ1n) is 9.34. The maximum atomic E-state index is 12.6. The monoisotopic (exact) mass is 387 g/mol. The maximum Gasteiger partial charge on any atom is 0.358 e. The van der Waals surface area contributed by atoms with Crippen LogP contribution in [0.1, 0.15) is 53.2 Å². The number of hydrogen-bond acceptors (Lipinski definition) is 5. The van der Waals surface area contributed by atoms with Crippen LogP contribution in [0.15, 0.2) is 30.3 Å². The zero-order valence-corrected chi connectivity index (χ0v) is 16.4. The summed E-state index contributed by atoms with van der Waals surface area (Å²) >= 11 is 0. The van der Waals surface area contributed by atoms with Gasteiger partial charge in [-0.1, -0.05) is 44.2 Å². The molecular weight excluding hydrogens is 362 g/mol. The van der Waals surface area contributed by atoms with Crippen molar-refractivity contribution < 1.29 is 28.9 Å². The Balaban J connectivity index is 2.16. The van der Waals surface area contributed by atoms with Crippen molar-refractivity contribution in [3.8, 4) is 11.5 Å². The highest BCUT2D eigenvalue weighted by Gasteiger charge is 2.39. The number of fused-ring (bicyclic) bond motifs is 1. The van der Waals surface area contributed by atoms with Crippen molar-refractivity contribution in [2.75, 3.05) is 20.3 Å². The molecular formula is C21H25NO6. The average molecular weight is 387 g/mol. The van der Waals surface area contributed by atoms with E-state index in [2.05, 4.69) is 0 Å². The molecule has 0 fully saturated rings. The number of benzene rings is 1. The summed E-state index contributed by atoms with van der Waals surface area (Å²) in [6.07, 6.45) is 1.63. The molecule has 2 aromatic rings. The Hall–Kier alpha value is -2.96. The van der Waals surface area contributed by atoms with Gasteiger partial charge in [-0.15, -0.1) is 0 Å². The predicted molar refractivity (Wildman–Crippen MR) is 102 cm³/mol. The van der Waals surface area contributed by atoms with E-state index >= 15 is 0 Å². The number of carboxylic acids is 1. The van der Waals surface area contributed by atoms with Crippen molar-refractivity contribution in [2.45, 2.75) is 33.2 Å². The first kappa shape index (κ1) is 19.8. The van der Waals surface area contributed by atoms with Gasteiger partial charge in [-0.05, 0) is 18.4 Å². The number of carbonyl (C=O) groups is 2. The molecule has 1 N–H and O–H groups in total. The second-order valence-corrected chi connectivity index (χ2v) is 7.01. The Morgan fingerprint density at radius 3 is 2.14 bits per heavy atom. The van der Waals surface area contributed by atoms with E-state index in [-0.39, 0.29) is 34.8 Å². The summed E-state index contributed by atoms with van der Waals surface area (Å²) in [5.41, 5.74) is 0.556. The molecule has 0 spiro atoms. The second kappa shape index (κ2) is 7.96. The van der Waals surface area contributed by atoms with E-state index in [1.54, 1.807) is 0 Å². The summed E-state index contributed by atoms with van der Waals surface area (Å²) in [7, 11) is 1.26. The standard InChI is InChI=1S/C21H25NO6/c1-4-21(5-2)12-27-17-15(19(23)24)22(11-14-9-7-6-8-10-14)16(20(25)26-3)18(17)28-13-21/h6-10H,4-5,11-13H2,1-3H3,(H,23,24). The molecule has 3 rings (SSSR count). The van der Waals surface area contributed by atoms with Crippen LogP contribution in [0.5, 0.6) is 11.5 Å². The molecule has 1 aliphatic rings. The summed E-state index contributed by atoms with van der Waals surface area (Å²) in [6, 6.07) is 9.30. The zero-order chi connectivity index (χ0) is 20.3. The molecule has 7 heteroatoms. The third-order valence-corrected chi connectivity index (χ3v) is 5.49. The van der Waals surface area contributed by atoms with Gasteiger partial charge in [-0.3, -0.25) is 0 Å². The van der Waals surface area contributed by atoms with Crippen LogP contribution in [-0.4, -0.2) is 41.9 Å². The molecule has 1 aliphatic heterocycles. The molecule has 0 atom stereocenters. The van der Waals surface area contributed by atoms with Crippen LogP contribution in [0, 0.1) is 5.41 Å². The van der Waals surface area contributed by atoms with Crippen LogP contribution in [-0.2, 0) is 11.3 Å². The van der Waals surface area contributed by atoms with E-state index in [0.717, 1.165) is 18.4 Å². The zero-order valence-electron chi connectivity index (χ0n) is 16.4. The molecule has 28 heavy (non-hydrogen) atoms. The number of rotatable bonds is 6. The molecule has 1 aromatic heterocycles. The molecule has 0 radical (unpaired) electrons. The molecule has 1 aromatic carbocycles. The average Bonchev–Trinajstić information content (AvgIpc) is 2.89. The quantitative estimate of drug-likeness (QED) is 0.762. The minimum absolute atomic E-state index is 0.0572. The fourth-order valence-electron chi connectivity index (χ4n) is 3.43. The van der Waals surface area contributed by atoms with Crippen LogP contribution in [0.3, 0.4) is 0 Å². The number of esters is 1. The number of ether oxygens (including phenoxy) is 3. The highest BCUT2D eigenvalue weighted by Crippen LogP contribution is 2.44. The Morgan fingerprint density at radius 1 is 1.07 bits per heavy atom. The van der Waals surface area contributed by atoms with Gasteiger partial charge in [0.05, 0.1) is 20.3 Å². The highest BCUT2D eigenvalue weighted by atomic mass is 16.5. The van der Waals surface area contributed by atoms with Crippen LogP contribution in [0.2, 0.25) is 0 Å². The van der Waals surface area contributed by atoms with Gasteiger partial charge in [0.15, 0.2) is 22.9 Å². The van der Waals surface area contributed by atoms with Gasteiger partial charge in [0.25, 0.3) is 0 Å². The first-order valence-corrected chi connectivity index (χ1v) is 9.34.